The zero-order valence-corrected chi connectivity index (χ0v) is 9.85. The second kappa shape index (κ2) is 4.12. The second-order valence-electron chi connectivity index (χ2n) is 3.33. The van der Waals surface area contributed by atoms with Gasteiger partial charge >= 0.3 is 0 Å². The summed E-state index contributed by atoms with van der Waals surface area (Å²) in [4.78, 5) is -0.0817. The fraction of sp³-hybridized carbons (Fsp3) is 0.333. The fourth-order valence-electron chi connectivity index (χ4n) is 1.37. The van der Waals surface area contributed by atoms with E-state index in [1.54, 1.807) is 0 Å². The number of sulfonamides is 1. The van der Waals surface area contributed by atoms with Crippen LogP contribution in [0.4, 0.5) is 0 Å². The van der Waals surface area contributed by atoms with Crippen LogP contribution in [-0.4, -0.2) is 21.6 Å². The van der Waals surface area contributed by atoms with E-state index in [1.807, 2.05) is 0 Å². The van der Waals surface area contributed by atoms with Gasteiger partial charge in [0, 0.05) is 12.5 Å². The molecule has 0 fully saturated rings. The first-order chi connectivity index (χ1) is 7.48. The molecule has 7 heteroatoms. The number of hydrogen-bond acceptors (Lipinski definition) is 4. The SMILES string of the molecule is NS(=O)(=O)c1cc(Cl)c2c(c1)OCCCO2. The van der Waals surface area contributed by atoms with E-state index in [0.717, 1.165) is 6.42 Å². The Labute approximate surface area is 98.2 Å². The maximum atomic E-state index is 11.2. The molecule has 88 valence electrons. The normalized spacial score (nSPS) is 15.6. The van der Waals surface area contributed by atoms with Gasteiger partial charge in [0.15, 0.2) is 11.5 Å². The lowest BCUT2D eigenvalue weighted by molar-refractivity contribution is 0.297. The first kappa shape index (κ1) is 11.5. The third kappa shape index (κ3) is 2.23. The van der Waals surface area contributed by atoms with Crippen molar-refractivity contribution in [3.05, 3.63) is 17.2 Å². The average molecular weight is 264 g/mol. The van der Waals surface area contributed by atoms with Crippen LogP contribution in [0.5, 0.6) is 11.5 Å². The lowest BCUT2D eigenvalue weighted by Gasteiger charge is -2.10. The summed E-state index contributed by atoms with van der Waals surface area (Å²) in [6.45, 7) is 0.943. The number of benzene rings is 1. The Morgan fingerprint density at radius 3 is 2.62 bits per heavy atom. The van der Waals surface area contributed by atoms with Gasteiger partial charge in [-0.1, -0.05) is 11.6 Å². The smallest absolute Gasteiger partial charge is 0.238 e. The Bertz CT molecular complexity index is 514. The first-order valence-electron chi connectivity index (χ1n) is 4.60. The monoisotopic (exact) mass is 263 g/mol. The van der Waals surface area contributed by atoms with Crippen LogP contribution in [0.25, 0.3) is 0 Å². The predicted octanol–water partition coefficient (Wildman–Crippen LogP) is 1.15. The van der Waals surface area contributed by atoms with E-state index in [2.05, 4.69) is 0 Å². The Hall–Kier alpha value is -0.980. The summed E-state index contributed by atoms with van der Waals surface area (Å²) in [6.07, 6.45) is 0.718. The van der Waals surface area contributed by atoms with Crippen molar-refractivity contribution in [3.8, 4) is 11.5 Å². The molecule has 0 radical (unpaired) electrons. The molecule has 1 aliphatic heterocycles. The van der Waals surface area contributed by atoms with Crippen LogP contribution < -0.4 is 14.6 Å². The van der Waals surface area contributed by atoms with Crippen LogP contribution in [0.2, 0.25) is 5.02 Å². The largest absolute Gasteiger partial charge is 0.489 e. The van der Waals surface area contributed by atoms with Gasteiger partial charge in [0.1, 0.15) is 0 Å². The summed E-state index contributed by atoms with van der Waals surface area (Å²) in [5.41, 5.74) is 0. The molecule has 0 saturated carbocycles. The van der Waals surface area contributed by atoms with Gasteiger partial charge in [0.2, 0.25) is 10.0 Å². The molecule has 1 aromatic carbocycles. The highest BCUT2D eigenvalue weighted by atomic mass is 35.5. The molecule has 1 aromatic rings. The predicted molar refractivity (Wildman–Crippen MR) is 58.4 cm³/mol. The third-order valence-corrected chi connectivity index (χ3v) is 3.28. The molecule has 1 heterocycles. The molecule has 0 spiro atoms. The summed E-state index contributed by atoms with van der Waals surface area (Å²) in [5, 5.41) is 5.20. The van der Waals surface area contributed by atoms with Crippen molar-refractivity contribution in [2.45, 2.75) is 11.3 Å². The summed E-state index contributed by atoms with van der Waals surface area (Å²) in [5.74, 6) is 0.681. The van der Waals surface area contributed by atoms with E-state index in [-0.39, 0.29) is 9.92 Å². The van der Waals surface area contributed by atoms with Gasteiger partial charge in [-0.2, -0.15) is 0 Å². The number of hydrogen-bond donors (Lipinski definition) is 1. The summed E-state index contributed by atoms with van der Waals surface area (Å²) in [6, 6.07) is 2.58. The van der Waals surface area contributed by atoms with Crippen molar-refractivity contribution in [1.29, 1.82) is 0 Å². The van der Waals surface area contributed by atoms with Crippen molar-refractivity contribution in [2.75, 3.05) is 13.2 Å². The molecule has 16 heavy (non-hydrogen) atoms. The highest BCUT2D eigenvalue weighted by Gasteiger charge is 2.19. The Balaban J connectivity index is 2.56. The van der Waals surface area contributed by atoms with Crippen molar-refractivity contribution in [3.63, 3.8) is 0 Å². The first-order valence-corrected chi connectivity index (χ1v) is 6.53. The minimum absolute atomic E-state index is 0.0817. The van der Waals surface area contributed by atoms with E-state index in [9.17, 15) is 8.42 Å². The van der Waals surface area contributed by atoms with Crippen LogP contribution in [0.1, 0.15) is 6.42 Å². The van der Waals surface area contributed by atoms with Gasteiger partial charge < -0.3 is 9.47 Å². The number of halogens is 1. The van der Waals surface area contributed by atoms with Crippen LogP contribution in [0.3, 0.4) is 0 Å². The van der Waals surface area contributed by atoms with Crippen molar-refractivity contribution in [2.24, 2.45) is 5.14 Å². The highest BCUT2D eigenvalue weighted by Crippen LogP contribution is 2.38. The lowest BCUT2D eigenvalue weighted by Crippen LogP contribution is -2.12. The Kier molecular flexibility index (Phi) is 2.96. The molecular weight excluding hydrogens is 254 g/mol. The van der Waals surface area contributed by atoms with E-state index in [0.29, 0.717) is 24.7 Å². The number of primary sulfonamides is 1. The van der Waals surface area contributed by atoms with Gasteiger partial charge in [-0.15, -0.1) is 0 Å². The van der Waals surface area contributed by atoms with E-state index in [4.69, 9.17) is 26.2 Å². The number of nitrogens with two attached hydrogens (primary N) is 1. The van der Waals surface area contributed by atoms with Crippen LogP contribution in [0, 0.1) is 0 Å². The average Bonchev–Trinajstić information content (AvgIpc) is 2.41. The molecule has 0 aromatic heterocycles. The number of rotatable bonds is 1. The standard InChI is InChI=1S/C9H10ClNO4S/c10-7-4-6(16(11,12)13)5-8-9(7)15-3-1-2-14-8/h4-5H,1-3H2,(H2,11,12,13). The van der Waals surface area contributed by atoms with Crippen LogP contribution in [-0.2, 0) is 10.0 Å². The van der Waals surface area contributed by atoms with Crippen molar-refractivity contribution < 1.29 is 17.9 Å². The second-order valence-corrected chi connectivity index (χ2v) is 5.30. The maximum absolute atomic E-state index is 11.2. The van der Waals surface area contributed by atoms with Crippen LogP contribution >= 0.6 is 11.6 Å². The molecule has 0 aliphatic carbocycles. The van der Waals surface area contributed by atoms with Crippen molar-refractivity contribution in [1.82, 2.24) is 0 Å². The summed E-state index contributed by atoms with van der Waals surface area (Å²) in [7, 11) is -3.79. The van der Waals surface area contributed by atoms with E-state index < -0.39 is 10.0 Å². The lowest BCUT2D eigenvalue weighted by atomic mass is 10.3. The third-order valence-electron chi connectivity index (χ3n) is 2.10. The van der Waals surface area contributed by atoms with Gasteiger partial charge in [-0.05, 0) is 6.07 Å². The molecule has 2 N–H and O–H groups in total. The number of ether oxygens (including phenoxy) is 2. The van der Waals surface area contributed by atoms with Gasteiger partial charge in [0.05, 0.1) is 23.1 Å². The maximum Gasteiger partial charge on any atom is 0.238 e. The molecule has 5 nitrogen and oxygen atoms in total. The zero-order chi connectivity index (χ0) is 11.8. The molecule has 0 unspecified atom stereocenters. The quantitative estimate of drug-likeness (QED) is 0.824. The molecule has 2 rings (SSSR count). The minimum atomic E-state index is -3.79. The van der Waals surface area contributed by atoms with Gasteiger partial charge in [0.25, 0.3) is 0 Å². The van der Waals surface area contributed by atoms with Gasteiger partial charge in [-0.3, -0.25) is 0 Å². The van der Waals surface area contributed by atoms with Gasteiger partial charge in [-0.25, -0.2) is 13.6 Å². The van der Waals surface area contributed by atoms with E-state index in [1.165, 1.54) is 12.1 Å². The highest BCUT2D eigenvalue weighted by molar-refractivity contribution is 7.89. The molecule has 0 atom stereocenters. The molecule has 0 amide bonds. The summed E-state index contributed by atoms with van der Waals surface area (Å²) >= 11 is 5.90. The number of fused-ring (bicyclic) bond motifs is 1. The topological polar surface area (TPSA) is 78.6 Å². The molecule has 1 aliphatic rings. The zero-order valence-electron chi connectivity index (χ0n) is 8.27. The summed E-state index contributed by atoms with van der Waals surface area (Å²) < 4.78 is 33.0. The molecule has 0 bridgehead atoms. The van der Waals surface area contributed by atoms with Crippen LogP contribution in [0.15, 0.2) is 17.0 Å². The van der Waals surface area contributed by atoms with E-state index >= 15 is 0 Å². The molecular formula is C9H10ClNO4S. The molecule has 0 saturated heterocycles. The minimum Gasteiger partial charge on any atom is -0.489 e. The fourth-order valence-corrected chi connectivity index (χ4v) is 2.25. The Morgan fingerprint density at radius 1 is 1.25 bits per heavy atom. The van der Waals surface area contributed by atoms with Crippen molar-refractivity contribution >= 4 is 21.6 Å². The Morgan fingerprint density at radius 2 is 1.94 bits per heavy atom.